The first-order valence-electron chi connectivity index (χ1n) is 10.8. The Labute approximate surface area is 176 Å². The number of alkyl halides is 1. The standard InChI is InChI=1S/C23H29FN4O2/c1-16-4-2-3-5-19(16)27-21(30)22-6-9-23(10-7-22,11-8-22)26-14-20(29)28-15-17(24)12-18(28)13-25/h2-5,17-18,26H,6-12,14-15H2,1H3,(H,27,30)/t17-,18-,22?,23?/m0/s1. The van der Waals surface area contributed by atoms with Crippen molar-refractivity contribution in [1.29, 1.82) is 5.26 Å². The van der Waals surface area contributed by atoms with Crippen molar-refractivity contribution >= 4 is 17.5 Å². The lowest BCUT2D eigenvalue weighted by molar-refractivity contribution is -0.135. The maximum absolute atomic E-state index is 13.6. The number of likely N-dealkylation sites (tertiary alicyclic amines) is 1. The summed E-state index contributed by atoms with van der Waals surface area (Å²) in [4.78, 5) is 27.0. The number of nitriles is 1. The maximum atomic E-state index is 13.6. The van der Waals surface area contributed by atoms with Crippen molar-refractivity contribution < 1.29 is 14.0 Å². The van der Waals surface area contributed by atoms with Crippen LogP contribution >= 0.6 is 0 Å². The molecule has 5 rings (SSSR count). The average molecular weight is 413 g/mol. The van der Waals surface area contributed by atoms with E-state index < -0.39 is 12.2 Å². The molecule has 0 aromatic heterocycles. The molecule has 4 aliphatic rings. The summed E-state index contributed by atoms with van der Waals surface area (Å²) in [5.41, 5.74) is 1.44. The van der Waals surface area contributed by atoms with Crippen LogP contribution in [0.1, 0.15) is 50.5 Å². The molecular formula is C23H29FN4O2. The molecule has 1 aromatic rings. The summed E-state index contributed by atoms with van der Waals surface area (Å²) in [6, 6.07) is 9.17. The zero-order valence-electron chi connectivity index (χ0n) is 17.4. The number of fused-ring (bicyclic) bond motifs is 3. The third kappa shape index (κ3) is 3.81. The van der Waals surface area contributed by atoms with Crippen LogP contribution < -0.4 is 10.6 Å². The quantitative estimate of drug-likeness (QED) is 0.778. The Morgan fingerprint density at radius 2 is 1.87 bits per heavy atom. The van der Waals surface area contributed by atoms with Crippen LogP contribution in [0.5, 0.6) is 0 Å². The second-order valence-corrected chi connectivity index (χ2v) is 9.21. The lowest BCUT2D eigenvalue weighted by atomic mass is 9.57. The van der Waals surface area contributed by atoms with Gasteiger partial charge in [-0.1, -0.05) is 18.2 Å². The van der Waals surface area contributed by atoms with Crippen LogP contribution in [0.2, 0.25) is 0 Å². The lowest BCUT2D eigenvalue weighted by Gasteiger charge is -2.53. The minimum atomic E-state index is -1.12. The number of anilines is 1. The van der Waals surface area contributed by atoms with Gasteiger partial charge in [-0.3, -0.25) is 9.59 Å². The van der Waals surface area contributed by atoms with Crippen molar-refractivity contribution in [2.45, 2.75) is 69.6 Å². The fraction of sp³-hybridized carbons (Fsp3) is 0.609. The van der Waals surface area contributed by atoms with Crippen LogP contribution in [0.25, 0.3) is 0 Å². The number of amides is 2. The van der Waals surface area contributed by atoms with Gasteiger partial charge in [0.1, 0.15) is 12.2 Å². The Morgan fingerprint density at radius 3 is 2.50 bits per heavy atom. The second kappa shape index (κ2) is 7.99. The van der Waals surface area contributed by atoms with Crippen LogP contribution in [-0.4, -0.2) is 47.6 Å². The van der Waals surface area contributed by atoms with Crippen molar-refractivity contribution in [2.24, 2.45) is 5.41 Å². The summed E-state index contributed by atoms with van der Waals surface area (Å²) in [7, 11) is 0. The Morgan fingerprint density at radius 1 is 1.20 bits per heavy atom. The van der Waals surface area contributed by atoms with Crippen molar-refractivity contribution in [3.63, 3.8) is 0 Å². The number of carbonyl (C=O) groups is 2. The number of aryl methyl sites for hydroxylation is 1. The van der Waals surface area contributed by atoms with Crippen LogP contribution in [-0.2, 0) is 9.59 Å². The molecule has 0 spiro atoms. The smallest absolute Gasteiger partial charge is 0.237 e. The molecule has 2 N–H and O–H groups in total. The summed E-state index contributed by atoms with van der Waals surface area (Å²) < 4.78 is 13.6. The zero-order valence-corrected chi connectivity index (χ0v) is 17.4. The van der Waals surface area contributed by atoms with Gasteiger partial charge < -0.3 is 15.5 Å². The predicted molar refractivity (Wildman–Crippen MR) is 111 cm³/mol. The van der Waals surface area contributed by atoms with E-state index in [9.17, 15) is 14.0 Å². The van der Waals surface area contributed by atoms with Gasteiger partial charge in [0.25, 0.3) is 0 Å². The van der Waals surface area contributed by atoms with Crippen molar-refractivity contribution in [3.05, 3.63) is 29.8 Å². The topological polar surface area (TPSA) is 85.2 Å². The van der Waals surface area contributed by atoms with E-state index in [1.165, 1.54) is 4.90 Å². The lowest BCUT2D eigenvalue weighted by Crippen LogP contribution is -2.59. The van der Waals surface area contributed by atoms with Gasteiger partial charge >= 0.3 is 0 Å². The van der Waals surface area contributed by atoms with Crippen molar-refractivity contribution in [3.8, 4) is 6.07 Å². The summed E-state index contributed by atoms with van der Waals surface area (Å²) in [6.45, 7) is 2.12. The van der Waals surface area contributed by atoms with E-state index in [1.54, 1.807) is 0 Å². The highest BCUT2D eigenvalue weighted by Crippen LogP contribution is 2.52. The Bertz CT molecular complexity index is 856. The molecule has 30 heavy (non-hydrogen) atoms. The molecule has 160 valence electrons. The van der Waals surface area contributed by atoms with Gasteiger partial charge in [-0.25, -0.2) is 4.39 Å². The molecule has 7 heteroatoms. The Balaban J connectivity index is 1.33. The van der Waals surface area contributed by atoms with Gasteiger partial charge in [-0.05, 0) is 57.1 Å². The van der Waals surface area contributed by atoms with Gasteiger partial charge in [0.05, 0.1) is 19.2 Å². The zero-order chi connectivity index (χ0) is 21.4. The highest BCUT2D eigenvalue weighted by molar-refractivity contribution is 5.96. The van der Waals surface area contributed by atoms with E-state index in [4.69, 9.17) is 5.26 Å². The SMILES string of the molecule is Cc1ccccc1NC(=O)C12CCC(NCC(=O)N3C[C@@H](F)C[C@H]3C#N)(CC1)CC2. The third-order valence-corrected chi connectivity index (χ3v) is 7.46. The van der Waals surface area contributed by atoms with Gasteiger partial charge in [-0.2, -0.15) is 5.26 Å². The number of nitrogens with zero attached hydrogens (tertiary/aromatic N) is 2. The molecular weight excluding hydrogens is 383 g/mol. The van der Waals surface area contributed by atoms with Crippen molar-refractivity contribution in [1.82, 2.24) is 10.2 Å². The molecule has 1 heterocycles. The van der Waals surface area contributed by atoms with E-state index >= 15 is 0 Å². The van der Waals surface area contributed by atoms with E-state index in [2.05, 4.69) is 10.6 Å². The number of nitrogens with one attached hydrogen (secondary N) is 2. The molecule has 0 radical (unpaired) electrons. The highest BCUT2D eigenvalue weighted by atomic mass is 19.1. The first kappa shape index (κ1) is 20.8. The van der Waals surface area contributed by atoms with Gasteiger partial charge in [0.15, 0.2) is 0 Å². The third-order valence-electron chi connectivity index (χ3n) is 7.46. The largest absolute Gasteiger partial charge is 0.325 e. The second-order valence-electron chi connectivity index (χ2n) is 9.21. The minimum absolute atomic E-state index is 0.00786. The summed E-state index contributed by atoms with van der Waals surface area (Å²) in [5.74, 6) is -0.111. The number of hydrogen-bond acceptors (Lipinski definition) is 4. The monoisotopic (exact) mass is 412 g/mol. The van der Waals surface area contributed by atoms with Gasteiger partial charge in [0.2, 0.25) is 11.8 Å². The molecule has 3 aliphatic carbocycles. The summed E-state index contributed by atoms with van der Waals surface area (Å²) in [6.07, 6.45) is 3.90. The predicted octanol–water partition coefficient (Wildman–Crippen LogP) is 3.08. The number of para-hydroxylation sites is 1. The number of benzene rings is 1. The normalized spacial score (nSPS) is 32.6. The van der Waals surface area contributed by atoms with Gasteiger partial charge in [-0.15, -0.1) is 0 Å². The average Bonchev–Trinajstić information content (AvgIpc) is 3.16. The van der Waals surface area contributed by atoms with E-state index in [0.717, 1.165) is 49.8 Å². The van der Waals surface area contributed by atoms with Crippen LogP contribution in [0.4, 0.5) is 10.1 Å². The molecule has 1 saturated heterocycles. The van der Waals surface area contributed by atoms with E-state index in [1.807, 2.05) is 37.3 Å². The molecule has 2 amide bonds. The summed E-state index contributed by atoms with van der Waals surface area (Å²) >= 11 is 0. The maximum Gasteiger partial charge on any atom is 0.237 e. The first-order chi connectivity index (χ1) is 14.4. The van der Waals surface area contributed by atoms with Crippen LogP contribution in [0, 0.1) is 23.7 Å². The molecule has 2 bridgehead atoms. The van der Waals surface area contributed by atoms with Crippen LogP contribution in [0.3, 0.4) is 0 Å². The number of rotatable bonds is 5. The molecule has 1 aliphatic heterocycles. The number of halogens is 1. The van der Waals surface area contributed by atoms with Crippen LogP contribution in [0.15, 0.2) is 24.3 Å². The van der Waals surface area contributed by atoms with Crippen molar-refractivity contribution in [2.75, 3.05) is 18.4 Å². The van der Waals surface area contributed by atoms with E-state index in [0.29, 0.717) is 0 Å². The molecule has 1 aromatic carbocycles. The minimum Gasteiger partial charge on any atom is -0.325 e. The summed E-state index contributed by atoms with van der Waals surface area (Å²) in [5, 5.41) is 15.7. The molecule has 4 fully saturated rings. The number of carbonyl (C=O) groups excluding carboxylic acids is 2. The first-order valence-corrected chi connectivity index (χ1v) is 10.8. The van der Waals surface area contributed by atoms with E-state index in [-0.39, 0.29) is 42.3 Å². The fourth-order valence-electron chi connectivity index (χ4n) is 5.31. The molecule has 0 unspecified atom stereocenters. The molecule has 2 atom stereocenters. The number of hydrogen-bond donors (Lipinski definition) is 2. The molecule has 3 saturated carbocycles. The molecule has 6 nitrogen and oxygen atoms in total. The Kier molecular flexibility index (Phi) is 5.54. The Hall–Kier alpha value is -2.46. The van der Waals surface area contributed by atoms with Gasteiger partial charge in [0, 0.05) is 23.1 Å². The highest BCUT2D eigenvalue weighted by Gasteiger charge is 2.52. The fourth-order valence-corrected chi connectivity index (χ4v) is 5.31.